The predicted molar refractivity (Wildman–Crippen MR) is 92.1 cm³/mol. The Labute approximate surface area is 164 Å². The van der Waals surface area contributed by atoms with E-state index >= 15 is 0 Å². The molecule has 12 heteroatoms. The average Bonchev–Trinajstić information content (AvgIpc) is 3.13. The summed E-state index contributed by atoms with van der Waals surface area (Å²) in [5.41, 5.74) is 0. The molecule has 3 saturated heterocycles. The fraction of sp³-hybridized carbons (Fsp3) is 0.500. The highest BCUT2D eigenvalue weighted by atomic mass is 127. The molecule has 0 atom stereocenters. The van der Waals surface area contributed by atoms with Gasteiger partial charge in [-0.05, 0) is 0 Å². The summed E-state index contributed by atoms with van der Waals surface area (Å²) in [5.74, 6) is -1.02. The molecule has 3 aliphatic rings. The van der Waals surface area contributed by atoms with Crippen LogP contribution < -0.4 is 0 Å². The van der Waals surface area contributed by atoms with E-state index in [9.17, 15) is 28.8 Å². The van der Waals surface area contributed by atoms with Crippen LogP contribution in [0, 0.1) is 0 Å². The van der Waals surface area contributed by atoms with Crippen LogP contribution in [0.4, 0.5) is 0 Å². The number of carbonyl (C=O) groups is 6. The van der Waals surface area contributed by atoms with Crippen molar-refractivity contribution in [3.8, 4) is 0 Å². The van der Waals surface area contributed by atoms with Crippen molar-refractivity contribution in [2.45, 2.75) is 38.5 Å². The first kappa shape index (κ1) is 21.0. The van der Waals surface area contributed by atoms with Gasteiger partial charge in [0.05, 0.1) is 39.0 Å². The molecule has 0 unspecified atom stereocenters. The van der Waals surface area contributed by atoms with Crippen LogP contribution in [0.25, 0.3) is 0 Å². The molecule has 3 aliphatic heterocycles. The van der Waals surface area contributed by atoms with Crippen molar-refractivity contribution in [2.75, 3.05) is 0 Å². The van der Waals surface area contributed by atoms with Gasteiger partial charge in [-0.3, -0.25) is 28.8 Å². The second-order valence-corrected chi connectivity index (χ2v) is 6.72. The molecule has 3 heterocycles. The maximum atomic E-state index is 10.5. The van der Waals surface area contributed by atoms with Crippen molar-refractivity contribution in [1.82, 2.24) is 11.5 Å². The van der Waals surface area contributed by atoms with Crippen LogP contribution in [0.15, 0.2) is 0 Å². The Morgan fingerprint density at radius 1 is 0.667 bits per heavy atom. The first-order valence-electron chi connectivity index (χ1n) is 6.69. The van der Waals surface area contributed by atoms with Crippen LogP contribution in [0.5, 0.6) is 0 Å². The average molecular weight is 537 g/mol. The SMILES string of the molecule is O=C1CCC(=O)N1Br.O=C1CCC(=O)N1Cl.O=C1CCC(=O)N1I. The Kier molecular flexibility index (Phi) is 8.22. The molecular formula is C12H12BrClIN3O6. The molecule has 0 saturated carbocycles. The minimum atomic E-state index is -0.295. The van der Waals surface area contributed by atoms with Gasteiger partial charge in [0.1, 0.15) is 0 Å². The van der Waals surface area contributed by atoms with Gasteiger partial charge in [-0.15, -0.1) is 0 Å². The Hall–Kier alpha value is -1.08. The van der Waals surface area contributed by atoms with Crippen LogP contribution in [-0.2, 0) is 28.8 Å². The summed E-state index contributed by atoms with van der Waals surface area (Å²) in [6.45, 7) is 0. The Morgan fingerprint density at radius 2 is 0.958 bits per heavy atom. The summed E-state index contributed by atoms with van der Waals surface area (Å²) in [7, 11) is 0. The summed E-state index contributed by atoms with van der Waals surface area (Å²) in [4.78, 5) is 62.6. The van der Waals surface area contributed by atoms with Crippen LogP contribution in [0.3, 0.4) is 0 Å². The Morgan fingerprint density at radius 3 is 1.08 bits per heavy atom. The fourth-order valence-corrected chi connectivity index (χ4v) is 2.65. The van der Waals surface area contributed by atoms with Crippen molar-refractivity contribution in [3.05, 3.63) is 0 Å². The molecule has 0 N–H and O–H groups in total. The predicted octanol–water partition coefficient (Wildman–Crippen LogP) is 1.22. The molecule has 0 bridgehead atoms. The summed E-state index contributed by atoms with van der Waals surface area (Å²) in [6.07, 6.45) is 2.02. The number of rotatable bonds is 0. The van der Waals surface area contributed by atoms with Gasteiger partial charge in [0, 0.05) is 50.3 Å². The first-order valence-corrected chi connectivity index (χ1v) is 8.71. The third kappa shape index (κ3) is 5.77. The maximum absolute atomic E-state index is 10.5. The number of amides is 6. The van der Waals surface area contributed by atoms with E-state index in [1.54, 1.807) is 22.9 Å². The Balaban J connectivity index is 0.000000180. The quantitative estimate of drug-likeness (QED) is 0.262. The van der Waals surface area contributed by atoms with Gasteiger partial charge in [-0.25, -0.2) is 7.04 Å². The van der Waals surface area contributed by atoms with Gasteiger partial charge in [0.25, 0.3) is 0 Å². The zero-order chi connectivity index (χ0) is 18.4. The topological polar surface area (TPSA) is 112 Å². The van der Waals surface area contributed by atoms with Gasteiger partial charge in [-0.1, -0.05) is 0 Å². The summed E-state index contributed by atoms with van der Waals surface area (Å²) < 4.78 is 2.75. The lowest BCUT2D eigenvalue weighted by Crippen LogP contribution is -2.16. The van der Waals surface area contributed by atoms with Crippen LogP contribution in [0.1, 0.15) is 38.5 Å². The molecule has 24 heavy (non-hydrogen) atoms. The molecule has 3 rings (SSSR count). The zero-order valence-corrected chi connectivity index (χ0v) is 16.7. The highest BCUT2D eigenvalue weighted by Crippen LogP contribution is 2.15. The summed E-state index contributed by atoms with van der Waals surface area (Å²) in [5, 5.41) is 0. The molecular weight excluding hydrogens is 524 g/mol. The number of carbonyl (C=O) groups excluding carboxylic acids is 6. The first-order chi connectivity index (χ1) is 11.1. The summed E-state index contributed by atoms with van der Waals surface area (Å²) >= 11 is 9.67. The van der Waals surface area contributed by atoms with E-state index < -0.39 is 0 Å². The Bertz CT molecular complexity index is 473. The number of imide groups is 3. The van der Waals surface area contributed by atoms with E-state index in [1.165, 1.54) is 0 Å². The van der Waals surface area contributed by atoms with E-state index in [0.717, 1.165) is 7.04 Å². The lowest BCUT2D eigenvalue weighted by molar-refractivity contribution is -0.133. The molecule has 6 amide bonds. The van der Waals surface area contributed by atoms with Crippen molar-refractivity contribution in [1.29, 1.82) is 0 Å². The highest BCUT2D eigenvalue weighted by Gasteiger charge is 2.27. The molecule has 0 spiro atoms. The van der Waals surface area contributed by atoms with E-state index in [0.29, 0.717) is 30.1 Å². The minimum absolute atomic E-state index is 0.0735. The van der Waals surface area contributed by atoms with E-state index in [2.05, 4.69) is 16.1 Å². The number of hydrogen-bond acceptors (Lipinski definition) is 6. The van der Waals surface area contributed by atoms with Crippen LogP contribution in [0.2, 0.25) is 0 Å². The van der Waals surface area contributed by atoms with Crippen molar-refractivity contribution in [3.63, 3.8) is 0 Å². The third-order valence-corrected chi connectivity index (χ3v) is 5.22. The lowest BCUT2D eigenvalue weighted by atomic mass is 10.4. The standard InChI is InChI=1S/C4H4BrNO2.C4H4ClNO2.C4H4INO2/c3*5-6-3(7)1-2-4(6)8/h3*1-2H2. The smallest absolute Gasteiger partial charge is 0.244 e. The summed E-state index contributed by atoms with van der Waals surface area (Å²) in [6, 6.07) is 0. The molecule has 0 radical (unpaired) electrons. The monoisotopic (exact) mass is 535 g/mol. The number of nitrogens with zero attached hydrogens (tertiary/aromatic N) is 3. The molecule has 9 nitrogen and oxygen atoms in total. The van der Waals surface area contributed by atoms with Crippen molar-refractivity contribution >= 4 is 86.2 Å². The van der Waals surface area contributed by atoms with Gasteiger partial charge in [0.15, 0.2) is 0 Å². The highest BCUT2D eigenvalue weighted by molar-refractivity contribution is 14.1. The van der Waals surface area contributed by atoms with Gasteiger partial charge in [0.2, 0.25) is 35.4 Å². The van der Waals surface area contributed by atoms with Gasteiger partial charge in [-0.2, -0.15) is 4.42 Å². The second-order valence-electron chi connectivity index (χ2n) is 4.70. The van der Waals surface area contributed by atoms with E-state index in [4.69, 9.17) is 11.8 Å². The molecule has 0 aliphatic carbocycles. The molecule has 0 aromatic carbocycles. The van der Waals surface area contributed by atoms with E-state index in [1.807, 2.05) is 0 Å². The minimum Gasteiger partial charge on any atom is -0.274 e. The molecule has 0 aromatic heterocycles. The number of hydrogen-bond donors (Lipinski definition) is 0. The third-order valence-electron chi connectivity index (χ3n) is 2.97. The largest absolute Gasteiger partial charge is 0.274 e. The molecule has 0 aromatic rings. The van der Waals surface area contributed by atoms with Gasteiger partial charge >= 0.3 is 0 Å². The van der Waals surface area contributed by atoms with Crippen LogP contribution >= 0.6 is 50.8 Å². The van der Waals surface area contributed by atoms with Crippen molar-refractivity contribution < 1.29 is 28.8 Å². The van der Waals surface area contributed by atoms with Crippen LogP contribution in [-0.4, -0.2) is 46.9 Å². The molecule has 3 fully saturated rings. The van der Waals surface area contributed by atoms with Crippen molar-refractivity contribution in [2.24, 2.45) is 0 Å². The van der Waals surface area contributed by atoms with Gasteiger partial charge < -0.3 is 0 Å². The second kappa shape index (κ2) is 9.42. The number of halogens is 3. The maximum Gasteiger partial charge on any atom is 0.244 e. The van der Waals surface area contributed by atoms with E-state index in [-0.39, 0.29) is 48.3 Å². The normalized spacial score (nSPS) is 20.4. The fourth-order valence-electron chi connectivity index (χ4n) is 1.65. The lowest BCUT2D eigenvalue weighted by Gasteiger charge is -1.97. The zero-order valence-electron chi connectivity index (χ0n) is 12.2. The molecule has 132 valence electrons.